The molecular formula is C12H33N4+3. The van der Waals surface area contributed by atoms with E-state index in [0.29, 0.717) is 0 Å². The molecule has 0 aromatic heterocycles. The molecule has 4 heteroatoms. The summed E-state index contributed by atoms with van der Waals surface area (Å²) in [4.78, 5) is 2.54. The smallest absolute Gasteiger partial charge is 0.143 e. The average Bonchev–Trinajstić information content (AvgIpc) is 1.70. The molecule has 0 aromatic carbocycles. The van der Waals surface area contributed by atoms with Gasteiger partial charge in [-0.1, -0.05) is 0 Å². The van der Waals surface area contributed by atoms with Gasteiger partial charge in [0.2, 0.25) is 0 Å². The van der Waals surface area contributed by atoms with E-state index in [4.69, 9.17) is 0 Å². The van der Waals surface area contributed by atoms with E-state index in [-0.39, 0.29) is 0 Å². The van der Waals surface area contributed by atoms with Gasteiger partial charge in [-0.05, 0) is 0 Å². The van der Waals surface area contributed by atoms with E-state index in [9.17, 15) is 0 Å². The summed E-state index contributed by atoms with van der Waals surface area (Å²) in [5, 5.41) is 0. The van der Waals surface area contributed by atoms with Crippen molar-refractivity contribution in [3.63, 3.8) is 0 Å². The van der Waals surface area contributed by atoms with Crippen LogP contribution in [0.3, 0.4) is 0 Å². The van der Waals surface area contributed by atoms with E-state index in [1.807, 2.05) is 0 Å². The second-order valence-electron chi connectivity index (χ2n) is 7.97. The normalized spacial score (nSPS) is 14.6. The second kappa shape index (κ2) is 5.00. The maximum atomic E-state index is 2.54. The Labute approximate surface area is 102 Å². The number of rotatable bonds is 6. The zero-order valence-corrected chi connectivity index (χ0v) is 12.9. The van der Waals surface area contributed by atoms with Gasteiger partial charge in [0.1, 0.15) is 20.0 Å². The van der Waals surface area contributed by atoms with Crippen LogP contribution in [0.2, 0.25) is 0 Å². The molecule has 0 aliphatic carbocycles. The van der Waals surface area contributed by atoms with Gasteiger partial charge in [-0.3, -0.25) is 0 Å². The minimum absolute atomic E-state index is 0.986. The van der Waals surface area contributed by atoms with Crippen molar-refractivity contribution in [1.29, 1.82) is 0 Å². The van der Waals surface area contributed by atoms with E-state index in [0.717, 1.165) is 33.5 Å². The molecule has 16 heavy (non-hydrogen) atoms. The first-order valence-electron chi connectivity index (χ1n) is 5.92. The molecule has 0 rings (SSSR count). The molecule has 0 bridgehead atoms. The highest BCUT2D eigenvalue weighted by molar-refractivity contribution is 4.38. The van der Waals surface area contributed by atoms with Crippen LogP contribution in [0.1, 0.15) is 0 Å². The van der Waals surface area contributed by atoms with Crippen molar-refractivity contribution in [2.24, 2.45) is 0 Å². The lowest BCUT2D eigenvalue weighted by Crippen LogP contribution is -2.57. The fourth-order valence-corrected chi connectivity index (χ4v) is 1.93. The topological polar surface area (TPSA) is 3.24 Å². The molecule has 0 saturated carbocycles. The summed E-state index contributed by atoms with van der Waals surface area (Å²) >= 11 is 0. The highest BCUT2D eigenvalue weighted by atomic mass is 15.5. The van der Waals surface area contributed by atoms with E-state index in [2.05, 4.69) is 68.3 Å². The fraction of sp³-hybridized carbons (Fsp3) is 1.00. The average molecular weight is 233 g/mol. The van der Waals surface area contributed by atoms with Crippen LogP contribution in [0.5, 0.6) is 0 Å². The maximum Gasteiger partial charge on any atom is 0.143 e. The summed E-state index contributed by atoms with van der Waals surface area (Å²) in [5.41, 5.74) is 0. The lowest BCUT2D eigenvalue weighted by atomic mass is 10.5. The summed E-state index contributed by atoms with van der Waals surface area (Å²) in [7, 11) is 20.2. The third kappa shape index (κ3) is 10.4. The van der Waals surface area contributed by atoms with Gasteiger partial charge in [-0.25, -0.2) is 0 Å². The first-order chi connectivity index (χ1) is 6.79. The maximum absolute atomic E-state index is 2.54. The fourth-order valence-electron chi connectivity index (χ4n) is 1.93. The number of hydrogen-bond donors (Lipinski definition) is 0. The van der Waals surface area contributed by atoms with Crippen molar-refractivity contribution in [2.75, 3.05) is 83.4 Å². The molecule has 0 aliphatic heterocycles. The Hall–Kier alpha value is -0.160. The van der Waals surface area contributed by atoms with Crippen LogP contribution in [0.4, 0.5) is 0 Å². The molecule has 0 spiro atoms. The van der Waals surface area contributed by atoms with Crippen LogP contribution in [0.15, 0.2) is 0 Å². The van der Waals surface area contributed by atoms with Gasteiger partial charge in [0.25, 0.3) is 0 Å². The van der Waals surface area contributed by atoms with E-state index in [1.165, 1.54) is 0 Å². The second-order valence-corrected chi connectivity index (χ2v) is 7.97. The summed E-state index contributed by atoms with van der Waals surface area (Å²) in [6.07, 6.45) is 0. The van der Waals surface area contributed by atoms with Gasteiger partial charge in [-0.2, -0.15) is 4.90 Å². The molecule has 4 nitrogen and oxygen atoms in total. The monoisotopic (exact) mass is 233 g/mol. The molecule has 0 unspecified atom stereocenters. The number of nitrogens with zero attached hydrogens (tertiary/aromatic N) is 4. The minimum Gasteiger partial charge on any atom is -0.318 e. The Bertz CT molecular complexity index is 166. The summed E-state index contributed by atoms with van der Waals surface area (Å²) in [6.45, 7) is 3.26. The van der Waals surface area contributed by atoms with Crippen LogP contribution in [0, 0.1) is 0 Å². The molecule has 0 amide bonds. The predicted molar refractivity (Wildman–Crippen MR) is 70.5 cm³/mol. The zero-order chi connectivity index (χ0) is 13.2. The lowest BCUT2D eigenvalue weighted by molar-refractivity contribution is -0.935. The molecular weight excluding hydrogens is 200 g/mol. The number of quaternary nitrogens is 3. The van der Waals surface area contributed by atoms with Crippen LogP contribution in [0.25, 0.3) is 0 Å². The van der Waals surface area contributed by atoms with Gasteiger partial charge in [0.15, 0.2) is 0 Å². The van der Waals surface area contributed by atoms with Crippen molar-refractivity contribution >= 4 is 0 Å². The molecule has 98 valence electrons. The lowest BCUT2D eigenvalue weighted by Gasteiger charge is -2.38. The highest BCUT2D eigenvalue weighted by Gasteiger charge is 2.25. The third-order valence-electron chi connectivity index (χ3n) is 1.87. The van der Waals surface area contributed by atoms with Gasteiger partial charge >= 0.3 is 0 Å². The number of hydrogen-bond acceptors (Lipinski definition) is 1. The Morgan fingerprint density at radius 2 is 0.688 bits per heavy atom. The van der Waals surface area contributed by atoms with Crippen LogP contribution >= 0.6 is 0 Å². The Morgan fingerprint density at radius 1 is 0.500 bits per heavy atom. The zero-order valence-electron chi connectivity index (χ0n) is 12.9. The summed E-state index contributed by atoms with van der Waals surface area (Å²) < 4.78 is 2.96. The van der Waals surface area contributed by atoms with Gasteiger partial charge < -0.3 is 13.4 Å². The van der Waals surface area contributed by atoms with Crippen molar-refractivity contribution in [2.45, 2.75) is 0 Å². The van der Waals surface area contributed by atoms with Gasteiger partial charge in [-0.15, -0.1) is 0 Å². The Balaban J connectivity index is 4.53. The molecule has 0 heterocycles. The first-order valence-corrected chi connectivity index (χ1v) is 5.92. The van der Waals surface area contributed by atoms with Crippen molar-refractivity contribution in [1.82, 2.24) is 4.90 Å². The molecule has 0 fully saturated rings. The summed E-state index contributed by atoms with van der Waals surface area (Å²) in [5.74, 6) is 0. The van der Waals surface area contributed by atoms with Gasteiger partial charge in [0, 0.05) is 0 Å². The minimum atomic E-state index is 0.986. The molecule has 0 radical (unpaired) electrons. The quantitative estimate of drug-likeness (QED) is 0.470. The molecule has 0 aliphatic rings. The highest BCUT2D eigenvalue weighted by Crippen LogP contribution is 2.05. The molecule has 0 saturated heterocycles. The van der Waals surface area contributed by atoms with Crippen molar-refractivity contribution < 1.29 is 13.4 Å². The Kier molecular flexibility index (Phi) is 4.95. The molecule has 0 aromatic rings. The largest absolute Gasteiger partial charge is 0.318 e. The first kappa shape index (κ1) is 15.8. The predicted octanol–water partition coefficient (Wildman–Crippen LogP) is 0.280. The van der Waals surface area contributed by atoms with Crippen LogP contribution < -0.4 is 0 Å². The SMILES string of the molecule is C[N+](C)(C)CN(C[N+](C)(C)C)C[N+](C)(C)C. The third-order valence-corrected chi connectivity index (χ3v) is 1.87. The molecule has 0 N–H and O–H groups in total. The summed E-state index contributed by atoms with van der Waals surface area (Å²) in [6, 6.07) is 0. The van der Waals surface area contributed by atoms with E-state index >= 15 is 0 Å². The van der Waals surface area contributed by atoms with Crippen molar-refractivity contribution in [3.05, 3.63) is 0 Å². The van der Waals surface area contributed by atoms with Crippen LogP contribution in [-0.4, -0.2) is 102 Å². The standard InChI is InChI=1S/C12H33N4/c1-14(2,3)10-13(11-15(4,5)6)12-16(7,8)9/h10-12H2,1-9H3/q+3. The van der Waals surface area contributed by atoms with Gasteiger partial charge in [0.05, 0.1) is 63.4 Å². The molecule has 0 atom stereocenters. The van der Waals surface area contributed by atoms with E-state index < -0.39 is 0 Å². The van der Waals surface area contributed by atoms with Crippen LogP contribution in [-0.2, 0) is 0 Å². The van der Waals surface area contributed by atoms with Crippen molar-refractivity contribution in [3.8, 4) is 0 Å². The van der Waals surface area contributed by atoms with E-state index in [1.54, 1.807) is 0 Å². The Morgan fingerprint density at radius 3 is 0.812 bits per heavy atom.